The van der Waals surface area contributed by atoms with Crippen molar-refractivity contribution in [3.63, 3.8) is 0 Å². The standard InChI is InChI=1S/C14H19ClN4OS/c1-3-4-7-19-14(20)13(15)11(8-17-19)16-6-5-12-18-10(2)9-21-12/h8-9,16H,3-7H2,1-2H3. The molecule has 0 saturated heterocycles. The van der Waals surface area contributed by atoms with E-state index in [4.69, 9.17) is 11.6 Å². The summed E-state index contributed by atoms with van der Waals surface area (Å²) in [6.45, 7) is 5.33. The third-order valence-corrected chi connectivity index (χ3v) is 4.42. The highest BCUT2D eigenvalue weighted by Gasteiger charge is 2.09. The van der Waals surface area contributed by atoms with E-state index in [9.17, 15) is 4.79 Å². The van der Waals surface area contributed by atoms with Crippen molar-refractivity contribution in [2.45, 2.75) is 39.7 Å². The Morgan fingerprint density at radius 1 is 1.48 bits per heavy atom. The maximum Gasteiger partial charge on any atom is 0.287 e. The molecule has 0 fully saturated rings. The second kappa shape index (κ2) is 7.56. The molecule has 7 heteroatoms. The summed E-state index contributed by atoms with van der Waals surface area (Å²) < 4.78 is 1.42. The van der Waals surface area contributed by atoms with Gasteiger partial charge in [0.05, 0.1) is 16.9 Å². The molecule has 0 amide bonds. The van der Waals surface area contributed by atoms with Crippen LogP contribution < -0.4 is 10.9 Å². The minimum Gasteiger partial charge on any atom is -0.382 e. The Labute approximate surface area is 133 Å². The molecule has 0 bridgehead atoms. The van der Waals surface area contributed by atoms with Crippen LogP contribution in [0.25, 0.3) is 0 Å². The summed E-state index contributed by atoms with van der Waals surface area (Å²) in [5.74, 6) is 0. The first-order valence-corrected chi connectivity index (χ1v) is 8.28. The summed E-state index contributed by atoms with van der Waals surface area (Å²) >= 11 is 7.75. The Morgan fingerprint density at radius 3 is 2.95 bits per heavy atom. The van der Waals surface area contributed by atoms with Gasteiger partial charge in [0.25, 0.3) is 5.56 Å². The van der Waals surface area contributed by atoms with Crippen LogP contribution in [0.2, 0.25) is 5.02 Å². The van der Waals surface area contributed by atoms with Gasteiger partial charge in [-0.25, -0.2) is 9.67 Å². The Kier molecular flexibility index (Phi) is 5.76. The number of unbranched alkanes of at least 4 members (excludes halogenated alkanes) is 1. The summed E-state index contributed by atoms with van der Waals surface area (Å²) in [4.78, 5) is 16.4. The molecule has 0 unspecified atom stereocenters. The third kappa shape index (κ3) is 4.28. The number of anilines is 1. The zero-order valence-corrected chi connectivity index (χ0v) is 13.8. The van der Waals surface area contributed by atoms with E-state index in [1.165, 1.54) is 4.68 Å². The second-order valence-electron chi connectivity index (χ2n) is 4.81. The lowest BCUT2D eigenvalue weighted by atomic mass is 10.3. The Hall–Kier alpha value is -1.40. The van der Waals surface area contributed by atoms with E-state index in [1.807, 2.05) is 12.3 Å². The van der Waals surface area contributed by atoms with Gasteiger partial charge >= 0.3 is 0 Å². The Bertz CT molecular complexity index is 653. The number of aromatic nitrogens is 3. The molecule has 0 saturated carbocycles. The average molecular weight is 327 g/mol. The lowest BCUT2D eigenvalue weighted by Crippen LogP contribution is -2.24. The summed E-state index contributed by atoms with van der Waals surface area (Å²) in [6, 6.07) is 0. The van der Waals surface area contributed by atoms with Crippen LogP contribution in [0.5, 0.6) is 0 Å². The van der Waals surface area contributed by atoms with Crippen molar-refractivity contribution in [2.24, 2.45) is 0 Å². The molecule has 114 valence electrons. The smallest absolute Gasteiger partial charge is 0.287 e. The van der Waals surface area contributed by atoms with Crippen molar-refractivity contribution in [1.82, 2.24) is 14.8 Å². The van der Waals surface area contributed by atoms with Crippen LogP contribution >= 0.6 is 22.9 Å². The fourth-order valence-corrected chi connectivity index (χ4v) is 2.87. The predicted octanol–water partition coefficient (Wildman–Crippen LogP) is 3.12. The van der Waals surface area contributed by atoms with E-state index in [1.54, 1.807) is 17.5 Å². The van der Waals surface area contributed by atoms with Gasteiger partial charge in [-0.2, -0.15) is 5.10 Å². The molecule has 1 N–H and O–H groups in total. The largest absolute Gasteiger partial charge is 0.382 e. The lowest BCUT2D eigenvalue weighted by molar-refractivity contribution is 0.543. The molecule has 0 aliphatic rings. The van der Waals surface area contributed by atoms with Gasteiger partial charge in [-0.1, -0.05) is 24.9 Å². The van der Waals surface area contributed by atoms with Crippen LogP contribution in [0.1, 0.15) is 30.5 Å². The highest BCUT2D eigenvalue weighted by molar-refractivity contribution is 7.09. The van der Waals surface area contributed by atoms with Crippen LogP contribution in [0.15, 0.2) is 16.4 Å². The van der Waals surface area contributed by atoms with Gasteiger partial charge in [0.2, 0.25) is 0 Å². The van der Waals surface area contributed by atoms with Crippen LogP contribution in [0, 0.1) is 6.92 Å². The van der Waals surface area contributed by atoms with Gasteiger partial charge in [0.15, 0.2) is 0 Å². The molecule has 2 rings (SSSR count). The SMILES string of the molecule is CCCCn1ncc(NCCc2nc(C)cs2)c(Cl)c1=O. The second-order valence-corrected chi connectivity index (χ2v) is 6.13. The van der Waals surface area contributed by atoms with Crippen molar-refractivity contribution in [1.29, 1.82) is 0 Å². The van der Waals surface area contributed by atoms with Crippen molar-refractivity contribution < 1.29 is 0 Å². The first-order chi connectivity index (χ1) is 10.1. The minimum absolute atomic E-state index is 0.205. The molecule has 0 aliphatic heterocycles. The molecule has 0 aromatic carbocycles. The van der Waals surface area contributed by atoms with E-state index >= 15 is 0 Å². The number of nitrogens with zero attached hydrogens (tertiary/aromatic N) is 3. The first kappa shape index (κ1) is 16.0. The number of hydrogen-bond acceptors (Lipinski definition) is 5. The molecular formula is C14H19ClN4OS. The third-order valence-electron chi connectivity index (χ3n) is 3.03. The Morgan fingerprint density at radius 2 is 2.29 bits per heavy atom. The number of thiazole rings is 1. The van der Waals surface area contributed by atoms with Crippen molar-refractivity contribution in [3.8, 4) is 0 Å². The van der Waals surface area contributed by atoms with Crippen molar-refractivity contribution in [3.05, 3.63) is 37.7 Å². The molecule has 0 atom stereocenters. The van der Waals surface area contributed by atoms with Gasteiger partial charge in [0.1, 0.15) is 5.02 Å². The van der Waals surface area contributed by atoms with Crippen LogP contribution in [-0.4, -0.2) is 21.3 Å². The number of hydrogen-bond donors (Lipinski definition) is 1. The average Bonchev–Trinajstić information content (AvgIpc) is 2.88. The van der Waals surface area contributed by atoms with Gasteiger partial charge in [-0.15, -0.1) is 11.3 Å². The normalized spacial score (nSPS) is 10.8. The molecule has 0 radical (unpaired) electrons. The maximum atomic E-state index is 12.1. The van der Waals surface area contributed by atoms with Gasteiger partial charge in [-0.3, -0.25) is 4.79 Å². The van der Waals surface area contributed by atoms with Crippen LogP contribution in [0.4, 0.5) is 5.69 Å². The fourth-order valence-electron chi connectivity index (χ4n) is 1.88. The molecule has 5 nitrogen and oxygen atoms in total. The molecule has 0 aliphatic carbocycles. The highest BCUT2D eigenvalue weighted by atomic mass is 35.5. The summed E-state index contributed by atoms with van der Waals surface area (Å²) in [5, 5.41) is 10.6. The summed E-state index contributed by atoms with van der Waals surface area (Å²) in [7, 11) is 0. The molecule has 0 spiro atoms. The van der Waals surface area contributed by atoms with Gasteiger partial charge < -0.3 is 5.32 Å². The number of aryl methyl sites for hydroxylation is 2. The first-order valence-electron chi connectivity index (χ1n) is 7.02. The van der Waals surface area contributed by atoms with Crippen LogP contribution in [-0.2, 0) is 13.0 Å². The van der Waals surface area contributed by atoms with E-state index in [0.717, 1.165) is 30.0 Å². The van der Waals surface area contributed by atoms with Crippen molar-refractivity contribution in [2.75, 3.05) is 11.9 Å². The number of rotatable bonds is 7. The quantitative estimate of drug-likeness (QED) is 0.849. The predicted molar refractivity (Wildman–Crippen MR) is 87.5 cm³/mol. The van der Waals surface area contributed by atoms with Crippen LogP contribution in [0.3, 0.4) is 0 Å². The van der Waals surface area contributed by atoms with Gasteiger partial charge in [-0.05, 0) is 13.3 Å². The minimum atomic E-state index is -0.236. The van der Waals surface area contributed by atoms with Crippen molar-refractivity contribution >= 4 is 28.6 Å². The maximum absolute atomic E-state index is 12.1. The summed E-state index contributed by atoms with van der Waals surface area (Å²) in [5.41, 5.74) is 1.39. The topological polar surface area (TPSA) is 59.8 Å². The lowest BCUT2D eigenvalue weighted by Gasteiger charge is -2.09. The monoisotopic (exact) mass is 326 g/mol. The molecule has 21 heavy (non-hydrogen) atoms. The van der Waals surface area contributed by atoms with Gasteiger partial charge in [0, 0.05) is 30.6 Å². The Balaban J connectivity index is 1.97. The zero-order chi connectivity index (χ0) is 15.2. The van der Waals surface area contributed by atoms with E-state index in [2.05, 4.69) is 22.3 Å². The number of nitrogens with one attached hydrogen (secondary N) is 1. The van der Waals surface area contributed by atoms with E-state index < -0.39 is 0 Å². The fraction of sp³-hybridized carbons (Fsp3) is 0.500. The number of halogens is 1. The summed E-state index contributed by atoms with van der Waals surface area (Å²) in [6.07, 6.45) is 4.35. The van der Waals surface area contributed by atoms with E-state index in [-0.39, 0.29) is 10.6 Å². The molecular weight excluding hydrogens is 308 g/mol. The molecule has 2 heterocycles. The molecule has 2 aromatic heterocycles. The molecule has 2 aromatic rings. The highest BCUT2D eigenvalue weighted by Crippen LogP contribution is 2.16. The van der Waals surface area contributed by atoms with E-state index in [0.29, 0.717) is 18.8 Å². The zero-order valence-electron chi connectivity index (χ0n) is 12.2.